The van der Waals surface area contributed by atoms with Crippen LogP contribution in [0, 0.1) is 13.8 Å². The van der Waals surface area contributed by atoms with E-state index in [9.17, 15) is 0 Å². The van der Waals surface area contributed by atoms with Crippen molar-refractivity contribution in [3.05, 3.63) is 126 Å². The molecule has 2 heteroatoms. The van der Waals surface area contributed by atoms with Gasteiger partial charge in [0.1, 0.15) is 11.2 Å². The van der Waals surface area contributed by atoms with Crippen molar-refractivity contribution in [3.8, 4) is 0 Å². The van der Waals surface area contributed by atoms with Crippen LogP contribution in [0.15, 0.2) is 120 Å². The zero-order valence-corrected chi connectivity index (χ0v) is 20.3. The second-order valence-corrected chi connectivity index (χ2v) is 9.48. The Morgan fingerprint density at radius 2 is 1.08 bits per heavy atom. The molecule has 0 saturated carbocycles. The van der Waals surface area contributed by atoms with Gasteiger partial charge in [-0.15, -0.1) is 0 Å². The molecular weight excluding hydrogens is 438 g/mol. The fourth-order valence-electron chi connectivity index (χ4n) is 5.66. The van der Waals surface area contributed by atoms with Crippen molar-refractivity contribution in [2.75, 3.05) is 4.90 Å². The lowest BCUT2D eigenvalue weighted by atomic mass is 9.93. The van der Waals surface area contributed by atoms with Crippen LogP contribution < -0.4 is 4.90 Å². The van der Waals surface area contributed by atoms with E-state index in [0.717, 1.165) is 33.6 Å². The normalized spacial score (nSPS) is 11.6. The van der Waals surface area contributed by atoms with E-state index < -0.39 is 0 Å². The summed E-state index contributed by atoms with van der Waals surface area (Å²) >= 11 is 0. The predicted molar refractivity (Wildman–Crippen MR) is 153 cm³/mol. The maximum absolute atomic E-state index is 6.68. The Morgan fingerprint density at radius 1 is 0.472 bits per heavy atom. The minimum atomic E-state index is 0.900. The molecule has 0 aliphatic rings. The van der Waals surface area contributed by atoms with Crippen LogP contribution in [0.2, 0.25) is 0 Å². The molecule has 0 spiro atoms. The van der Waals surface area contributed by atoms with Crippen molar-refractivity contribution in [1.29, 1.82) is 0 Å². The minimum absolute atomic E-state index is 0.900. The van der Waals surface area contributed by atoms with Crippen molar-refractivity contribution in [1.82, 2.24) is 0 Å². The molecule has 36 heavy (non-hydrogen) atoms. The topological polar surface area (TPSA) is 16.4 Å². The summed E-state index contributed by atoms with van der Waals surface area (Å²) in [6.07, 6.45) is 0. The van der Waals surface area contributed by atoms with Gasteiger partial charge in [0.2, 0.25) is 0 Å². The molecule has 0 radical (unpaired) electrons. The lowest BCUT2D eigenvalue weighted by Crippen LogP contribution is -2.10. The summed E-state index contributed by atoms with van der Waals surface area (Å²) in [5, 5.41) is 7.26. The lowest BCUT2D eigenvalue weighted by molar-refractivity contribution is 0.664. The van der Waals surface area contributed by atoms with Gasteiger partial charge in [0.25, 0.3) is 0 Å². The molecule has 1 heterocycles. The van der Waals surface area contributed by atoms with Crippen molar-refractivity contribution in [2.24, 2.45) is 0 Å². The number of para-hydroxylation sites is 2. The first-order chi connectivity index (χ1) is 17.7. The Hall–Kier alpha value is -4.56. The van der Waals surface area contributed by atoms with E-state index in [2.05, 4.69) is 134 Å². The number of anilines is 3. The van der Waals surface area contributed by atoms with Crippen LogP contribution in [-0.4, -0.2) is 0 Å². The molecule has 172 valence electrons. The molecule has 0 saturated heterocycles. The van der Waals surface area contributed by atoms with Crippen LogP contribution in [0.3, 0.4) is 0 Å². The molecule has 0 atom stereocenters. The quantitative estimate of drug-likeness (QED) is 0.259. The highest BCUT2D eigenvalue weighted by atomic mass is 16.3. The van der Waals surface area contributed by atoms with Crippen LogP contribution in [0.5, 0.6) is 0 Å². The Kier molecular flexibility index (Phi) is 4.62. The molecule has 7 aromatic rings. The van der Waals surface area contributed by atoms with Crippen molar-refractivity contribution < 1.29 is 4.42 Å². The highest BCUT2D eigenvalue weighted by Crippen LogP contribution is 2.45. The molecule has 7 rings (SSSR count). The number of hydrogen-bond acceptors (Lipinski definition) is 2. The fourth-order valence-corrected chi connectivity index (χ4v) is 5.66. The first-order valence-electron chi connectivity index (χ1n) is 12.4. The number of hydrogen-bond donors (Lipinski definition) is 0. The van der Waals surface area contributed by atoms with Gasteiger partial charge >= 0.3 is 0 Å². The van der Waals surface area contributed by atoms with Gasteiger partial charge in [-0.3, -0.25) is 0 Å². The molecule has 1 aromatic heterocycles. The van der Waals surface area contributed by atoms with Gasteiger partial charge in [-0.1, -0.05) is 72.8 Å². The van der Waals surface area contributed by atoms with E-state index in [4.69, 9.17) is 4.42 Å². The van der Waals surface area contributed by atoms with Crippen molar-refractivity contribution in [3.63, 3.8) is 0 Å². The summed E-state index contributed by atoms with van der Waals surface area (Å²) in [6, 6.07) is 40.8. The lowest BCUT2D eigenvalue weighted by Gasteiger charge is -2.27. The van der Waals surface area contributed by atoms with Crippen LogP contribution in [0.1, 0.15) is 11.1 Å². The van der Waals surface area contributed by atoms with Gasteiger partial charge in [-0.05, 0) is 83.6 Å². The van der Waals surface area contributed by atoms with Crippen LogP contribution in [0.25, 0.3) is 43.5 Å². The number of aryl methyl sites for hydroxylation is 2. The molecule has 0 N–H and O–H groups in total. The van der Waals surface area contributed by atoms with Gasteiger partial charge in [0.05, 0.1) is 5.69 Å². The van der Waals surface area contributed by atoms with Crippen LogP contribution >= 0.6 is 0 Å². The van der Waals surface area contributed by atoms with Gasteiger partial charge in [-0.25, -0.2) is 0 Å². The highest BCUT2D eigenvalue weighted by Gasteiger charge is 2.20. The minimum Gasteiger partial charge on any atom is -0.456 e. The molecule has 2 nitrogen and oxygen atoms in total. The highest BCUT2D eigenvalue weighted by molar-refractivity contribution is 6.26. The average Bonchev–Trinajstić information content (AvgIpc) is 3.07. The summed E-state index contributed by atoms with van der Waals surface area (Å²) in [7, 11) is 0. The van der Waals surface area contributed by atoms with Crippen molar-refractivity contribution >= 4 is 60.5 Å². The predicted octanol–water partition coefficient (Wildman–Crippen LogP) is 9.98. The van der Waals surface area contributed by atoms with Crippen molar-refractivity contribution in [2.45, 2.75) is 13.8 Å². The second kappa shape index (κ2) is 8.00. The third-order valence-electron chi connectivity index (χ3n) is 7.28. The largest absolute Gasteiger partial charge is 0.456 e. The van der Waals surface area contributed by atoms with Gasteiger partial charge in [-0.2, -0.15) is 0 Å². The maximum Gasteiger partial charge on any atom is 0.136 e. The van der Waals surface area contributed by atoms with Gasteiger partial charge in [0.15, 0.2) is 0 Å². The number of fused-ring (bicyclic) bond motifs is 1. The van der Waals surface area contributed by atoms with E-state index in [-0.39, 0.29) is 0 Å². The summed E-state index contributed by atoms with van der Waals surface area (Å²) in [4.78, 5) is 2.34. The van der Waals surface area contributed by atoms with Gasteiger partial charge < -0.3 is 9.32 Å². The summed E-state index contributed by atoms with van der Waals surface area (Å²) in [5.74, 6) is 0. The van der Waals surface area contributed by atoms with E-state index >= 15 is 0 Å². The van der Waals surface area contributed by atoms with E-state index in [0.29, 0.717) is 0 Å². The molecule has 0 bridgehead atoms. The van der Waals surface area contributed by atoms with E-state index in [1.54, 1.807) is 0 Å². The molecular formula is C34H25NO. The number of rotatable bonds is 3. The summed E-state index contributed by atoms with van der Waals surface area (Å²) in [6.45, 7) is 4.42. The number of nitrogens with zero attached hydrogens (tertiary/aromatic N) is 1. The molecule has 0 aliphatic carbocycles. The second-order valence-electron chi connectivity index (χ2n) is 9.48. The first kappa shape index (κ1) is 20.8. The monoisotopic (exact) mass is 463 g/mol. The molecule has 0 amide bonds. The third kappa shape index (κ3) is 3.04. The Morgan fingerprint density at radius 3 is 1.78 bits per heavy atom. The average molecular weight is 464 g/mol. The summed E-state index contributed by atoms with van der Waals surface area (Å²) < 4.78 is 6.68. The molecule has 6 aromatic carbocycles. The zero-order chi connectivity index (χ0) is 24.2. The van der Waals surface area contributed by atoms with E-state index in [1.807, 2.05) is 0 Å². The Bertz CT molecular complexity index is 1860. The summed E-state index contributed by atoms with van der Waals surface area (Å²) in [5.41, 5.74) is 7.70. The fraction of sp³-hybridized carbons (Fsp3) is 0.0588. The van der Waals surface area contributed by atoms with Crippen LogP contribution in [-0.2, 0) is 0 Å². The SMILES string of the molecule is Cc1ccc2cccc3oc4ccc(N(c5ccccc5)c5ccccc5)c5ccc(C)c(c1c23)c45. The molecule has 0 aliphatic heterocycles. The first-order valence-corrected chi connectivity index (χ1v) is 12.4. The van der Waals surface area contributed by atoms with Crippen LogP contribution in [0.4, 0.5) is 17.1 Å². The Labute approximate surface area is 210 Å². The molecule has 0 unspecified atom stereocenters. The zero-order valence-electron chi connectivity index (χ0n) is 20.3. The number of benzene rings is 6. The van der Waals surface area contributed by atoms with E-state index in [1.165, 1.54) is 38.1 Å². The van der Waals surface area contributed by atoms with Gasteiger partial charge in [0, 0.05) is 27.5 Å². The third-order valence-corrected chi connectivity index (χ3v) is 7.28. The standard InChI is InChI=1S/C34H25NO/c1-22-16-18-24-10-9-15-29-33(24)31(22)32-23(2)17-19-27-28(20-21-30(36-29)34(27)32)35(25-11-5-3-6-12-25)26-13-7-4-8-14-26/h3-21H,1-2H3. The Balaban J connectivity index is 1.69. The maximum atomic E-state index is 6.68. The molecule has 0 fully saturated rings. The smallest absolute Gasteiger partial charge is 0.136 e.